The summed E-state index contributed by atoms with van der Waals surface area (Å²) in [5.74, 6) is -0.851. The van der Waals surface area contributed by atoms with Crippen LogP contribution in [-0.4, -0.2) is 38.0 Å². The molecule has 0 spiro atoms. The number of rotatable bonds is 9. The van der Waals surface area contributed by atoms with E-state index in [0.717, 1.165) is 6.20 Å². The number of carbonyl (C=O) groups is 1. The maximum atomic E-state index is 14.2. The van der Waals surface area contributed by atoms with Crippen LogP contribution in [0.15, 0.2) is 53.6 Å². The Kier molecular flexibility index (Phi) is 6.70. The van der Waals surface area contributed by atoms with E-state index in [2.05, 4.69) is 20.6 Å². The van der Waals surface area contributed by atoms with Crippen LogP contribution in [-0.2, 0) is 14.8 Å². The summed E-state index contributed by atoms with van der Waals surface area (Å²) in [7, 11) is -2.41. The average molecular weight is 462 g/mol. The van der Waals surface area contributed by atoms with E-state index in [1.54, 1.807) is 6.07 Å². The summed E-state index contributed by atoms with van der Waals surface area (Å²) < 4.78 is 47.4. The molecular formula is C19H19FN6O5S. The second-order valence-electron chi connectivity index (χ2n) is 6.33. The molecule has 0 bridgehead atoms. The minimum atomic E-state index is -3.82. The van der Waals surface area contributed by atoms with Crippen molar-refractivity contribution >= 4 is 39.1 Å². The lowest BCUT2D eigenvalue weighted by Gasteiger charge is -2.13. The van der Waals surface area contributed by atoms with Gasteiger partial charge in [-0.15, -0.1) is 0 Å². The van der Waals surface area contributed by atoms with Gasteiger partial charge in [0.15, 0.2) is 29.7 Å². The fourth-order valence-corrected chi connectivity index (χ4v) is 3.04. The second kappa shape index (κ2) is 9.45. The highest BCUT2D eigenvalue weighted by Gasteiger charge is 2.12. The minimum absolute atomic E-state index is 0.0531. The van der Waals surface area contributed by atoms with Gasteiger partial charge in [0.2, 0.25) is 16.0 Å². The van der Waals surface area contributed by atoms with Crippen LogP contribution in [0.25, 0.3) is 0 Å². The van der Waals surface area contributed by atoms with Crippen molar-refractivity contribution in [2.45, 2.75) is 4.90 Å². The number of halogens is 1. The van der Waals surface area contributed by atoms with Gasteiger partial charge in [-0.3, -0.25) is 4.79 Å². The van der Waals surface area contributed by atoms with E-state index in [1.165, 1.54) is 43.5 Å². The Bertz CT molecular complexity index is 1240. The molecule has 0 saturated carbocycles. The first-order chi connectivity index (χ1) is 15.2. The van der Waals surface area contributed by atoms with E-state index >= 15 is 0 Å². The molecule has 11 nitrogen and oxygen atoms in total. The van der Waals surface area contributed by atoms with Crippen LogP contribution in [0.5, 0.6) is 11.5 Å². The quantitative estimate of drug-likeness (QED) is 0.369. The molecule has 0 fully saturated rings. The zero-order valence-corrected chi connectivity index (χ0v) is 17.5. The Morgan fingerprint density at radius 1 is 1.09 bits per heavy atom. The van der Waals surface area contributed by atoms with Crippen molar-refractivity contribution in [2.75, 3.05) is 24.4 Å². The van der Waals surface area contributed by atoms with Crippen molar-refractivity contribution in [1.29, 1.82) is 0 Å². The zero-order chi connectivity index (χ0) is 23.3. The number of aromatic nitrogens is 2. The maximum absolute atomic E-state index is 14.2. The van der Waals surface area contributed by atoms with E-state index < -0.39 is 21.7 Å². The van der Waals surface area contributed by atoms with E-state index in [1.807, 2.05) is 0 Å². The molecule has 0 aliphatic carbocycles. The van der Waals surface area contributed by atoms with Crippen LogP contribution >= 0.6 is 0 Å². The Morgan fingerprint density at radius 2 is 1.78 bits per heavy atom. The molecular weight excluding hydrogens is 443 g/mol. The summed E-state index contributed by atoms with van der Waals surface area (Å²) >= 11 is 0. The molecule has 1 aromatic heterocycles. The topological polar surface area (TPSA) is 172 Å². The number of hydrogen-bond acceptors (Lipinski definition) is 9. The number of nitrogens with zero attached hydrogens (tertiary/aromatic N) is 2. The van der Waals surface area contributed by atoms with Crippen LogP contribution in [0.2, 0.25) is 0 Å². The van der Waals surface area contributed by atoms with Gasteiger partial charge in [0.25, 0.3) is 5.91 Å². The van der Waals surface area contributed by atoms with Crippen LogP contribution in [0.4, 0.5) is 27.5 Å². The van der Waals surface area contributed by atoms with Crippen LogP contribution in [0, 0.1) is 5.82 Å². The Hall–Kier alpha value is -3.97. The second-order valence-corrected chi connectivity index (χ2v) is 7.89. The fourth-order valence-electron chi connectivity index (χ4n) is 2.52. The largest absolute Gasteiger partial charge is 0.493 e. The number of nitrogens with one attached hydrogen (secondary N) is 2. The molecule has 0 atom stereocenters. The number of primary amides is 1. The molecule has 13 heteroatoms. The van der Waals surface area contributed by atoms with E-state index in [-0.39, 0.29) is 29.0 Å². The van der Waals surface area contributed by atoms with Crippen molar-refractivity contribution in [3.05, 3.63) is 54.5 Å². The monoisotopic (exact) mass is 462 g/mol. The van der Waals surface area contributed by atoms with Crippen LogP contribution in [0.1, 0.15) is 0 Å². The third kappa shape index (κ3) is 5.80. The van der Waals surface area contributed by atoms with Crippen molar-refractivity contribution < 1.29 is 27.1 Å². The number of methoxy groups -OCH3 is 1. The lowest BCUT2D eigenvalue weighted by molar-refractivity contribution is -0.119. The predicted octanol–water partition coefficient (Wildman–Crippen LogP) is 1.62. The predicted molar refractivity (Wildman–Crippen MR) is 114 cm³/mol. The molecule has 1 amide bonds. The van der Waals surface area contributed by atoms with Gasteiger partial charge in [-0.25, -0.2) is 22.9 Å². The number of carbonyl (C=O) groups excluding carboxylic acids is 1. The summed E-state index contributed by atoms with van der Waals surface area (Å²) in [4.78, 5) is 18.8. The molecule has 2 aromatic carbocycles. The molecule has 6 N–H and O–H groups in total. The third-order valence-electron chi connectivity index (χ3n) is 3.98. The Labute approximate surface area is 182 Å². The molecule has 32 heavy (non-hydrogen) atoms. The summed E-state index contributed by atoms with van der Waals surface area (Å²) in [5, 5.41) is 10.7. The van der Waals surface area contributed by atoms with Gasteiger partial charge >= 0.3 is 0 Å². The molecule has 1 heterocycles. The first-order valence-corrected chi connectivity index (χ1v) is 10.5. The molecule has 3 aromatic rings. The molecule has 3 rings (SSSR count). The van der Waals surface area contributed by atoms with Gasteiger partial charge in [0.05, 0.1) is 18.2 Å². The number of benzene rings is 2. The number of ether oxygens (including phenoxy) is 2. The van der Waals surface area contributed by atoms with E-state index in [0.29, 0.717) is 17.1 Å². The standard InChI is InChI=1S/C19H19FN6O5S/c1-30-16-8-12(4-7-15(16)31-10-17(21)27)24-18-14(20)9-23-19(26-18)25-11-2-5-13(6-3-11)32(22,28)29/h2-9H,10H2,1H3,(H2,21,27)(H2,22,28,29)(H2,23,24,25,26). The van der Waals surface area contributed by atoms with Crippen molar-refractivity contribution in [1.82, 2.24) is 9.97 Å². The van der Waals surface area contributed by atoms with Gasteiger partial charge in [-0.1, -0.05) is 0 Å². The molecule has 0 radical (unpaired) electrons. The van der Waals surface area contributed by atoms with Crippen molar-refractivity contribution in [3.63, 3.8) is 0 Å². The summed E-state index contributed by atoms with van der Waals surface area (Å²) in [6.07, 6.45) is 0.970. The summed E-state index contributed by atoms with van der Waals surface area (Å²) in [6.45, 7) is -0.323. The average Bonchev–Trinajstić information content (AvgIpc) is 2.74. The maximum Gasteiger partial charge on any atom is 0.255 e. The fraction of sp³-hybridized carbons (Fsp3) is 0.105. The van der Waals surface area contributed by atoms with Crippen molar-refractivity contribution in [3.8, 4) is 11.5 Å². The van der Waals surface area contributed by atoms with Gasteiger partial charge in [-0.05, 0) is 36.4 Å². The normalized spacial score (nSPS) is 11.0. The van der Waals surface area contributed by atoms with Crippen LogP contribution < -0.4 is 31.0 Å². The van der Waals surface area contributed by atoms with Gasteiger partial charge < -0.3 is 25.8 Å². The Morgan fingerprint density at radius 3 is 2.41 bits per heavy atom. The minimum Gasteiger partial charge on any atom is -0.493 e. The number of hydrogen-bond donors (Lipinski definition) is 4. The third-order valence-corrected chi connectivity index (χ3v) is 4.91. The van der Waals surface area contributed by atoms with E-state index in [4.69, 9.17) is 20.3 Å². The highest BCUT2D eigenvalue weighted by Crippen LogP contribution is 2.31. The SMILES string of the molecule is COc1cc(Nc2nc(Nc3ccc(S(N)(=O)=O)cc3)ncc2F)ccc1OCC(N)=O. The number of sulfonamides is 1. The number of amides is 1. The molecule has 168 valence electrons. The lowest BCUT2D eigenvalue weighted by atomic mass is 10.2. The van der Waals surface area contributed by atoms with E-state index in [9.17, 15) is 17.6 Å². The highest BCUT2D eigenvalue weighted by atomic mass is 32.2. The first kappa shape index (κ1) is 22.7. The number of anilines is 4. The molecule has 0 aliphatic heterocycles. The van der Waals surface area contributed by atoms with Gasteiger partial charge in [0, 0.05) is 17.4 Å². The smallest absolute Gasteiger partial charge is 0.255 e. The number of nitrogens with two attached hydrogens (primary N) is 2. The molecule has 0 saturated heterocycles. The molecule has 0 unspecified atom stereocenters. The first-order valence-electron chi connectivity index (χ1n) is 8.94. The summed E-state index contributed by atoms with van der Waals surface area (Å²) in [6, 6.07) is 10.2. The highest BCUT2D eigenvalue weighted by molar-refractivity contribution is 7.89. The lowest BCUT2D eigenvalue weighted by Crippen LogP contribution is -2.20. The number of primary sulfonamides is 1. The zero-order valence-electron chi connectivity index (χ0n) is 16.7. The van der Waals surface area contributed by atoms with Crippen LogP contribution in [0.3, 0.4) is 0 Å². The van der Waals surface area contributed by atoms with Gasteiger partial charge in [0.1, 0.15) is 0 Å². The summed E-state index contributed by atoms with van der Waals surface area (Å²) in [5.41, 5.74) is 5.96. The van der Waals surface area contributed by atoms with Gasteiger partial charge in [-0.2, -0.15) is 4.98 Å². The molecule has 0 aliphatic rings. The Balaban J connectivity index is 1.78. The van der Waals surface area contributed by atoms with Crippen molar-refractivity contribution in [2.24, 2.45) is 10.9 Å².